The quantitative estimate of drug-likeness (QED) is 0.403. The highest BCUT2D eigenvalue weighted by Crippen LogP contribution is 2.36. The highest BCUT2D eigenvalue weighted by molar-refractivity contribution is 7.92. The third kappa shape index (κ3) is 4.86. The highest BCUT2D eigenvalue weighted by Gasteiger charge is 2.37. The van der Waals surface area contributed by atoms with E-state index < -0.39 is 10.0 Å². The molecule has 2 aliphatic heterocycles. The molecule has 0 saturated carbocycles. The van der Waals surface area contributed by atoms with Crippen molar-refractivity contribution in [3.8, 4) is 5.75 Å². The maximum absolute atomic E-state index is 12.1. The molecule has 0 unspecified atom stereocenters. The van der Waals surface area contributed by atoms with Crippen molar-refractivity contribution in [3.05, 3.63) is 53.7 Å². The molecule has 2 atom stereocenters. The Balaban J connectivity index is 1.38. The molecule has 2 aromatic carbocycles. The van der Waals surface area contributed by atoms with Gasteiger partial charge >= 0.3 is 0 Å². The lowest BCUT2D eigenvalue weighted by molar-refractivity contribution is 0.416. The zero-order chi connectivity index (χ0) is 25.4. The molecule has 5 rings (SSSR count). The van der Waals surface area contributed by atoms with Crippen LogP contribution in [0.1, 0.15) is 6.42 Å². The van der Waals surface area contributed by atoms with Gasteiger partial charge in [0, 0.05) is 44.0 Å². The summed E-state index contributed by atoms with van der Waals surface area (Å²) in [6.45, 7) is 2.00. The van der Waals surface area contributed by atoms with E-state index in [0.717, 1.165) is 25.0 Å². The molecule has 1 aromatic heterocycles. The second-order valence-corrected chi connectivity index (χ2v) is 11.3. The van der Waals surface area contributed by atoms with Crippen molar-refractivity contribution in [2.75, 3.05) is 53.3 Å². The van der Waals surface area contributed by atoms with Gasteiger partial charge in [0.1, 0.15) is 10.8 Å². The number of halogens is 1. The van der Waals surface area contributed by atoms with Gasteiger partial charge in [0.2, 0.25) is 16.0 Å². The van der Waals surface area contributed by atoms with Crippen molar-refractivity contribution in [1.29, 1.82) is 0 Å². The Kier molecular flexibility index (Phi) is 6.54. The first-order chi connectivity index (χ1) is 17.2. The molecule has 3 heterocycles. The number of nitrogens with one attached hydrogen (secondary N) is 3. The smallest absolute Gasteiger partial charge is 0.232 e. The van der Waals surface area contributed by atoms with Crippen LogP contribution in [-0.2, 0) is 10.0 Å². The molecular weight excluding hydrogens is 502 g/mol. The zero-order valence-electron chi connectivity index (χ0n) is 20.2. The second kappa shape index (κ2) is 9.64. The minimum atomic E-state index is -3.46. The molecule has 0 aliphatic carbocycles. The average Bonchev–Trinajstić information content (AvgIpc) is 3.50. The van der Waals surface area contributed by atoms with Crippen molar-refractivity contribution in [2.45, 2.75) is 18.5 Å². The predicted molar refractivity (Wildman–Crippen MR) is 144 cm³/mol. The first-order valence-electron chi connectivity index (χ1n) is 11.5. The first-order valence-corrected chi connectivity index (χ1v) is 13.7. The number of anilines is 6. The van der Waals surface area contributed by atoms with Crippen molar-refractivity contribution in [1.82, 2.24) is 15.3 Å². The van der Waals surface area contributed by atoms with Crippen molar-refractivity contribution >= 4 is 56.1 Å². The Morgan fingerprint density at radius 3 is 2.69 bits per heavy atom. The molecule has 190 valence electrons. The molecule has 0 spiro atoms. The van der Waals surface area contributed by atoms with E-state index in [4.69, 9.17) is 16.3 Å². The summed E-state index contributed by atoms with van der Waals surface area (Å²) in [7, 11) is -0.334. The lowest BCUT2D eigenvalue weighted by atomic mass is 10.2. The van der Waals surface area contributed by atoms with Gasteiger partial charge in [-0.3, -0.25) is 4.31 Å². The maximum atomic E-state index is 12.1. The van der Waals surface area contributed by atoms with Crippen LogP contribution in [0.3, 0.4) is 0 Å². The van der Waals surface area contributed by atoms with E-state index in [1.54, 1.807) is 31.4 Å². The number of para-hydroxylation sites is 2. The first kappa shape index (κ1) is 24.4. The highest BCUT2D eigenvalue weighted by atomic mass is 35.5. The van der Waals surface area contributed by atoms with E-state index in [-0.39, 0.29) is 5.02 Å². The maximum Gasteiger partial charge on any atom is 0.232 e. The Labute approximate surface area is 215 Å². The van der Waals surface area contributed by atoms with Crippen molar-refractivity contribution in [3.63, 3.8) is 0 Å². The summed E-state index contributed by atoms with van der Waals surface area (Å²) in [6.07, 6.45) is 3.80. The van der Waals surface area contributed by atoms with Crippen LogP contribution >= 0.6 is 11.6 Å². The van der Waals surface area contributed by atoms with Gasteiger partial charge in [-0.15, -0.1) is 0 Å². The Bertz CT molecular complexity index is 1390. The van der Waals surface area contributed by atoms with Crippen LogP contribution in [0.4, 0.5) is 34.5 Å². The van der Waals surface area contributed by atoms with Crippen LogP contribution in [0.15, 0.2) is 48.7 Å². The van der Waals surface area contributed by atoms with E-state index in [1.165, 1.54) is 24.0 Å². The molecule has 10 nitrogen and oxygen atoms in total. The zero-order valence-corrected chi connectivity index (χ0v) is 21.8. The number of sulfonamides is 1. The molecule has 36 heavy (non-hydrogen) atoms. The van der Waals surface area contributed by atoms with E-state index in [1.807, 2.05) is 12.1 Å². The summed E-state index contributed by atoms with van der Waals surface area (Å²) in [5.74, 6) is 1.32. The second-order valence-electron chi connectivity index (χ2n) is 8.92. The standard InChI is InChI=1S/C24H28ClN7O3S/c1-31(36(3,33)34)21-7-5-4-6-19(21)28-23-18(25)13-27-24(30-23)29-20-9-8-16(11-22(20)35-2)32-14-15-10-17(32)12-26-15/h4-9,11,13,15,17,26H,10,12,14H2,1-3H3,(H2,27,28,29,30)/t15-,17-/m0/s1. The minimum absolute atomic E-state index is 0.289. The Hall–Kier alpha value is -3.28. The summed E-state index contributed by atoms with van der Waals surface area (Å²) in [6, 6.07) is 14.1. The number of hydrogen-bond acceptors (Lipinski definition) is 9. The van der Waals surface area contributed by atoms with E-state index in [0.29, 0.717) is 46.7 Å². The van der Waals surface area contributed by atoms with Gasteiger partial charge in [-0.2, -0.15) is 4.98 Å². The Morgan fingerprint density at radius 2 is 2.00 bits per heavy atom. The van der Waals surface area contributed by atoms with Gasteiger partial charge in [-0.1, -0.05) is 23.7 Å². The average molecular weight is 530 g/mol. The van der Waals surface area contributed by atoms with Gasteiger partial charge in [0.05, 0.1) is 36.6 Å². The summed E-state index contributed by atoms with van der Waals surface area (Å²) >= 11 is 6.37. The van der Waals surface area contributed by atoms with E-state index in [2.05, 4.69) is 36.9 Å². The molecule has 2 bridgehead atoms. The topological polar surface area (TPSA) is 112 Å². The number of piperazine rings is 1. The van der Waals surface area contributed by atoms with Gasteiger partial charge in [-0.05, 0) is 30.7 Å². The molecule has 2 saturated heterocycles. The molecule has 0 radical (unpaired) electrons. The number of aromatic nitrogens is 2. The van der Waals surface area contributed by atoms with Crippen LogP contribution in [0, 0.1) is 0 Å². The summed E-state index contributed by atoms with van der Waals surface area (Å²) in [5, 5.41) is 10.2. The van der Waals surface area contributed by atoms with Crippen LogP contribution in [0.5, 0.6) is 5.75 Å². The monoisotopic (exact) mass is 529 g/mol. The minimum Gasteiger partial charge on any atom is -0.494 e. The number of methoxy groups -OCH3 is 1. The van der Waals surface area contributed by atoms with Gasteiger partial charge < -0.3 is 25.6 Å². The SMILES string of the molecule is COc1cc(N2C[C@@H]3C[C@H]2CN3)ccc1Nc1ncc(Cl)c(Nc2ccccc2N(C)S(C)(=O)=O)n1. The van der Waals surface area contributed by atoms with Gasteiger partial charge in [0.25, 0.3) is 0 Å². The number of benzene rings is 2. The van der Waals surface area contributed by atoms with Gasteiger partial charge in [0.15, 0.2) is 5.82 Å². The van der Waals surface area contributed by atoms with Crippen molar-refractivity contribution < 1.29 is 13.2 Å². The molecule has 3 aromatic rings. The molecule has 3 N–H and O–H groups in total. The number of nitrogens with zero attached hydrogens (tertiary/aromatic N) is 4. The molecular formula is C24H28ClN7O3S. The molecule has 2 fully saturated rings. The number of ether oxygens (including phenoxy) is 1. The summed E-state index contributed by atoms with van der Waals surface area (Å²) < 4.78 is 31.0. The van der Waals surface area contributed by atoms with Crippen LogP contribution in [-0.4, -0.2) is 64.0 Å². The largest absolute Gasteiger partial charge is 0.494 e. The predicted octanol–water partition coefficient (Wildman–Crippen LogP) is 3.57. The third-order valence-corrected chi connectivity index (χ3v) is 8.03. The van der Waals surface area contributed by atoms with Crippen LogP contribution < -0.4 is 29.9 Å². The lowest BCUT2D eigenvalue weighted by Gasteiger charge is -2.30. The molecule has 12 heteroatoms. The number of rotatable bonds is 8. The number of fused-ring (bicyclic) bond motifs is 2. The fourth-order valence-electron chi connectivity index (χ4n) is 4.63. The van der Waals surface area contributed by atoms with E-state index in [9.17, 15) is 8.42 Å². The summed E-state index contributed by atoms with van der Waals surface area (Å²) in [4.78, 5) is 11.2. The fraction of sp³-hybridized carbons (Fsp3) is 0.333. The van der Waals surface area contributed by atoms with Crippen LogP contribution in [0.2, 0.25) is 5.02 Å². The molecule has 2 aliphatic rings. The summed E-state index contributed by atoms with van der Waals surface area (Å²) in [5.41, 5.74) is 2.84. The Morgan fingerprint density at radius 1 is 1.19 bits per heavy atom. The third-order valence-electron chi connectivity index (χ3n) is 6.56. The lowest BCUT2D eigenvalue weighted by Crippen LogP contribution is -2.43. The fourth-order valence-corrected chi connectivity index (χ4v) is 5.29. The van der Waals surface area contributed by atoms with E-state index >= 15 is 0 Å². The van der Waals surface area contributed by atoms with Gasteiger partial charge in [-0.25, -0.2) is 13.4 Å². The molecule has 0 amide bonds. The van der Waals surface area contributed by atoms with Crippen molar-refractivity contribution in [2.24, 2.45) is 0 Å². The normalized spacial score (nSPS) is 18.8. The van der Waals surface area contributed by atoms with Crippen LogP contribution in [0.25, 0.3) is 0 Å². The number of hydrogen-bond donors (Lipinski definition) is 3.